The summed E-state index contributed by atoms with van der Waals surface area (Å²) in [6, 6.07) is 15.6. The van der Waals surface area contributed by atoms with Gasteiger partial charge in [0.1, 0.15) is 0 Å². The summed E-state index contributed by atoms with van der Waals surface area (Å²) in [5.74, 6) is -0.829. The molecule has 5 rings (SSSR count). The highest BCUT2D eigenvalue weighted by Crippen LogP contribution is 2.33. The molecular formula is C24H17ClN4O3S. The van der Waals surface area contributed by atoms with Crippen molar-refractivity contribution in [1.82, 2.24) is 9.97 Å². The van der Waals surface area contributed by atoms with Crippen molar-refractivity contribution in [3.63, 3.8) is 0 Å². The Morgan fingerprint density at radius 3 is 2.64 bits per heavy atom. The summed E-state index contributed by atoms with van der Waals surface area (Å²) >= 11 is 7.49. The fourth-order valence-electron chi connectivity index (χ4n) is 3.70. The number of benzene rings is 2. The normalized spacial score (nSPS) is 13.7. The quantitative estimate of drug-likeness (QED) is 0.385. The van der Waals surface area contributed by atoms with Crippen LogP contribution in [0.4, 0.5) is 10.8 Å². The Hall–Kier alpha value is -3.62. The van der Waals surface area contributed by atoms with Crippen LogP contribution in [-0.2, 0) is 16.1 Å². The van der Waals surface area contributed by atoms with Crippen LogP contribution in [0.2, 0.25) is 5.02 Å². The fourth-order valence-corrected chi connectivity index (χ4v) is 4.94. The van der Waals surface area contributed by atoms with Gasteiger partial charge in [-0.25, -0.2) is 4.98 Å². The second-order valence-corrected chi connectivity index (χ2v) is 8.98. The van der Waals surface area contributed by atoms with Gasteiger partial charge in [-0.15, -0.1) is 0 Å². The molecule has 0 spiro atoms. The first kappa shape index (κ1) is 21.2. The van der Waals surface area contributed by atoms with Crippen LogP contribution in [-0.4, -0.2) is 27.7 Å². The van der Waals surface area contributed by atoms with E-state index in [1.807, 2.05) is 18.2 Å². The largest absolute Gasteiger partial charge is 0.279 e. The molecule has 2 aromatic heterocycles. The number of carbonyl (C=O) groups excluding carboxylic acids is 3. The molecule has 0 bridgehead atoms. The number of thiazole rings is 1. The van der Waals surface area contributed by atoms with E-state index in [0.29, 0.717) is 21.4 Å². The number of rotatable bonds is 5. The van der Waals surface area contributed by atoms with E-state index < -0.39 is 0 Å². The average Bonchev–Trinajstić information content (AvgIpc) is 3.39. The third-order valence-electron chi connectivity index (χ3n) is 5.28. The summed E-state index contributed by atoms with van der Waals surface area (Å²) in [5.41, 5.74) is 2.32. The minimum absolute atomic E-state index is 0.179. The fraction of sp³-hybridized carbons (Fsp3) is 0.125. The highest BCUT2D eigenvalue weighted by atomic mass is 35.5. The summed E-state index contributed by atoms with van der Waals surface area (Å²) in [5, 5.41) is 1.11. The number of imide groups is 1. The van der Waals surface area contributed by atoms with Gasteiger partial charge in [-0.3, -0.25) is 29.2 Å². The van der Waals surface area contributed by atoms with E-state index in [1.165, 1.54) is 11.3 Å². The lowest BCUT2D eigenvalue weighted by atomic mass is 10.1. The van der Waals surface area contributed by atoms with Crippen LogP contribution in [0, 0.1) is 0 Å². The lowest BCUT2D eigenvalue weighted by Crippen LogP contribution is -2.31. The van der Waals surface area contributed by atoms with Crippen LogP contribution in [0.15, 0.2) is 67.0 Å². The maximum atomic E-state index is 13.7. The smallest absolute Gasteiger partial charge is 0.260 e. The molecule has 164 valence electrons. The van der Waals surface area contributed by atoms with Crippen molar-refractivity contribution in [2.45, 2.75) is 19.4 Å². The van der Waals surface area contributed by atoms with Gasteiger partial charge in [0, 0.05) is 35.8 Å². The van der Waals surface area contributed by atoms with E-state index in [2.05, 4.69) is 9.97 Å². The van der Waals surface area contributed by atoms with Crippen LogP contribution in [0.25, 0.3) is 10.2 Å². The zero-order valence-corrected chi connectivity index (χ0v) is 18.8. The number of halogens is 1. The highest BCUT2D eigenvalue weighted by Gasteiger charge is 2.31. The monoisotopic (exact) mass is 476 g/mol. The Labute approximate surface area is 198 Å². The molecule has 9 heteroatoms. The molecule has 3 heterocycles. The molecule has 2 aromatic carbocycles. The lowest BCUT2D eigenvalue weighted by molar-refractivity contribution is -0.121. The van der Waals surface area contributed by atoms with E-state index in [1.54, 1.807) is 53.7 Å². The first-order valence-electron chi connectivity index (χ1n) is 10.2. The second kappa shape index (κ2) is 8.73. The first-order chi connectivity index (χ1) is 16.0. The molecule has 33 heavy (non-hydrogen) atoms. The molecule has 0 atom stereocenters. The Kier molecular flexibility index (Phi) is 5.62. The molecule has 1 aliphatic heterocycles. The maximum absolute atomic E-state index is 13.7. The summed E-state index contributed by atoms with van der Waals surface area (Å²) in [7, 11) is 0. The van der Waals surface area contributed by atoms with Crippen molar-refractivity contribution in [1.29, 1.82) is 0 Å². The number of carbonyl (C=O) groups is 3. The maximum Gasteiger partial charge on any atom is 0.260 e. The minimum atomic E-state index is -0.301. The second-order valence-electron chi connectivity index (χ2n) is 7.53. The molecule has 4 aromatic rings. The van der Waals surface area contributed by atoms with E-state index in [4.69, 9.17) is 11.6 Å². The lowest BCUT2D eigenvalue weighted by Gasteiger charge is -2.21. The predicted molar refractivity (Wildman–Crippen MR) is 128 cm³/mol. The number of amides is 3. The third-order valence-corrected chi connectivity index (χ3v) is 6.56. The van der Waals surface area contributed by atoms with E-state index in [9.17, 15) is 14.4 Å². The van der Waals surface area contributed by atoms with Gasteiger partial charge in [0.25, 0.3) is 5.91 Å². The van der Waals surface area contributed by atoms with Gasteiger partial charge < -0.3 is 0 Å². The zero-order chi connectivity index (χ0) is 22.9. The Morgan fingerprint density at radius 2 is 1.88 bits per heavy atom. The van der Waals surface area contributed by atoms with Crippen molar-refractivity contribution in [2.24, 2.45) is 0 Å². The molecule has 0 radical (unpaired) electrons. The first-order valence-corrected chi connectivity index (χ1v) is 11.4. The van der Waals surface area contributed by atoms with Gasteiger partial charge in [0.2, 0.25) is 11.8 Å². The average molecular weight is 477 g/mol. The van der Waals surface area contributed by atoms with Crippen LogP contribution >= 0.6 is 22.9 Å². The number of pyridine rings is 1. The Bertz CT molecular complexity index is 1370. The van der Waals surface area contributed by atoms with Crippen molar-refractivity contribution in [2.75, 3.05) is 9.80 Å². The molecule has 0 saturated carbocycles. The molecule has 0 N–H and O–H groups in total. The number of fused-ring (bicyclic) bond motifs is 1. The topological polar surface area (TPSA) is 83.5 Å². The van der Waals surface area contributed by atoms with Crippen molar-refractivity contribution in [3.05, 3.63) is 83.1 Å². The molecule has 1 saturated heterocycles. The minimum Gasteiger partial charge on any atom is -0.279 e. The van der Waals surface area contributed by atoms with E-state index >= 15 is 0 Å². The standard InChI is InChI=1S/C24H17ClN4O3S/c25-17-6-7-19-20(12-17)33-24(27-19)28(14-15-3-2-10-26-13-15)23(32)16-4-1-5-18(11-16)29-21(30)8-9-22(29)31/h1-7,10-13H,8-9,14H2. The zero-order valence-electron chi connectivity index (χ0n) is 17.3. The van der Waals surface area contributed by atoms with Gasteiger partial charge >= 0.3 is 0 Å². The Balaban J connectivity index is 1.54. The van der Waals surface area contributed by atoms with Gasteiger partial charge in [-0.05, 0) is 48.0 Å². The van der Waals surface area contributed by atoms with E-state index in [0.717, 1.165) is 20.7 Å². The van der Waals surface area contributed by atoms with Crippen molar-refractivity contribution >= 4 is 61.7 Å². The summed E-state index contributed by atoms with van der Waals surface area (Å²) < 4.78 is 0.864. The molecule has 1 fully saturated rings. The summed E-state index contributed by atoms with van der Waals surface area (Å²) in [4.78, 5) is 49.5. The summed E-state index contributed by atoms with van der Waals surface area (Å²) in [6.07, 6.45) is 3.72. The highest BCUT2D eigenvalue weighted by molar-refractivity contribution is 7.22. The number of hydrogen-bond donors (Lipinski definition) is 0. The van der Waals surface area contributed by atoms with Crippen LogP contribution < -0.4 is 9.80 Å². The van der Waals surface area contributed by atoms with Crippen LogP contribution in [0.1, 0.15) is 28.8 Å². The van der Waals surface area contributed by atoms with Crippen LogP contribution in [0.3, 0.4) is 0 Å². The predicted octanol–water partition coefficient (Wildman–Crippen LogP) is 4.85. The van der Waals surface area contributed by atoms with E-state index in [-0.39, 0.29) is 37.1 Å². The molecule has 1 aliphatic rings. The summed E-state index contributed by atoms with van der Waals surface area (Å²) in [6.45, 7) is 0.256. The number of nitrogens with zero attached hydrogens (tertiary/aromatic N) is 4. The van der Waals surface area contributed by atoms with Gasteiger partial charge in [0.15, 0.2) is 5.13 Å². The van der Waals surface area contributed by atoms with Crippen molar-refractivity contribution < 1.29 is 14.4 Å². The number of anilines is 2. The van der Waals surface area contributed by atoms with Gasteiger partial charge in [0.05, 0.1) is 22.4 Å². The van der Waals surface area contributed by atoms with Crippen LogP contribution in [0.5, 0.6) is 0 Å². The molecule has 0 aliphatic carbocycles. The molecule has 7 nitrogen and oxygen atoms in total. The van der Waals surface area contributed by atoms with Crippen molar-refractivity contribution in [3.8, 4) is 0 Å². The number of aromatic nitrogens is 2. The number of hydrogen-bond acceptors (Lipinski definition) is 6. The molecule has 3 amide bonds. The molecular weight excluding hydrogens is 460 g/mol. The van der Waals surface area contributed by atoms with Gasteiger partial charge in [-0.1, -0.05) is 35.1 Å². The van der Waals surface area contributed by atoms with Gasteiger partial charge in [-0.2, -0.15) is 0 Å². The third kappa shape index (κ3) is 4.22. The SMILES string of the molecule is O=C(c1cccc(N2C(=O)CCC2=O)c1)N(Cc1cccnc1)c1nc2ccc(Cl)cc2s1. The molecule has 0 unspecified atom stereocenters. The Morgan fingerprint density at radius 1 is 1.06 bits per heavy atom.